The SMILES string of the molecule is Fc1cncc(CNCc2cc(Br)cs2)c1. The molecule has 16 heavy (non-hydrogen) atoms. The van der Waals surface area contributed by atoms with Crippen LogP contribution in [-0.4, -0.2) is 4.98 Å². The highest BCUT2D eigenvalue weighted by Gasteiger charge is 1.98. The Morgan fingerprint density at radius 1 is 1.31 bits per heavy atom. The van der Waals surface area contributed by atoms with Crippen LogP contribution in [0.15, 0.2) is 34.4 Å². The van der Waals surface area contributed by atoms with Gasteiger partial charge in [-0.1, -0.05) is 0 Å². The summed E-state index contributed by atoms with van der Waals surface area (Å²) >= 11 is 5.09. The Morgan fingerprint density at radius 3 is 2.88 bits per heavy atom. The second kappa shape index (κ2) is 5.52. The molecule has 0 aromatic carbocycles. The van der Waals surface area contributed by atoms with Gasteiger partial charge in [0.05, 0.1) is 6.20 Å². The number of hydrogen-bond donors (Lipinski definition) is 1. The zero-order chi connectivity index (χ0) is 11.4. The first-order chi connectivity index (χ1) is 7.74. The molecule has 0 saturated carbocycles. The summed E-state index contributed by atoms with van der Waals surface area (Å²) in [4.78, 5) is 5.04. The minimum Gasteiger partial charge on any atom is -0.308 e. The van der Waals surface area contributed by atoms with Crippen LogP contribution in [-0.2, 0) is 13.1 Å². The van der Waals surface area contributed by atoms with E-state index < -0.39 is 0 Å². The summed E-state index contributed by atoms with van der Waals surface area (Å²) in [6, 6.07) is 3.56. The van der Waals surface area contributed by atoms with Gasteiger partial charge in [-0.25, -0.2) is 4.39 Å². The third kappa shape index (κ3) is 3.37. The first-order valence-electron chi connectivity index (χ1n) is 4.77. The first-order valence-corrected chi connectivity index (χ1v) is 6.44. The molecule has 0 saturated heterocycles. The highest BCUT2D eigenvalue weighted by atomic mass is 79.9. The molecular formula is C11H10BrFN2S. The van der Waals surface area contributed by atoms with Gasteiger partial charge in [-0.3, -0.25) is 4.98 Å². The van der Waals surface area contributed by atoms with Crippen LogP contribution in [0, 0.1) is 5.82 Å². The fraction of sp³-hybridized carbons (Fsp3) is 0.182. The number of rotatable bonds is 4. The lowest BCUT2D eigenvalue weighted by molar-refractivity contribution is 0.613. The lowest BCUT2D eigenvalue weighted by atomic mass is 10.3. The van der Waals surface area contributed by atoms with E-state index in [-0.39, 0.29) is 5.82 Å². The molecule has 2 nitrogen and oxygen atoms in total. The number of hydrogen-bond acceptors (Lipinski definition) is 3. The fourth-order valence-electron chi connectivity index (χ4n) is 1.33. The average Bonchev–Trinajstić information content (AvgIpc) is 2.64. The largest absolute Gasteiger partial charge is 0.308 e. The Balaban J connectivity index is 1.84. The molecule has 0 amide bonds. The number of halogens is 2. The Hall–Kier alpha value is -0.780. The van der Waals surface area contributed by atoms with Crippen LogP contribution < -0.4 is 5.32 Å². The molecule has 0 fully saturated rings. The van der Waals surface area contributed by atoms with E-state index in [0.717, 1.165) is 16.6 Å². The van der Waals surface area contributed by atoms with E-state index in [4.69, 9.17) is 0 Å². The Labute approximate surface area is 106 Å². The van der Waals surface area contributed by atoms with Crippen LogP contribution in [0.4, 0.5) is 4.39 Å². The maximum absolute atomic E-state index is 12.8. The van der Waals surface area contributed by atoms with E-state index in [2.05, 4.69) is 32.3 Å². The van der Waals surface area contributed by atoms with Crippen molar-refractivity contribution in [1.29, 1.82) is 0 Å². The van der Waals surface area contributed by atoms with Crippen molar-refractivity contribution in [3.8, 4) is 0 Å². The number of aromatic nitrogens is 1. The van der Waals surface area contributed by atoms with Crippen LogP contribution in [0.5, 0.6) is 0 Å². The summed E-state index contributed by atoms with van der Waals surface area (Å²) in [5.41, 5.74) is 0.857. The highest BCUT2D eigenvalue weighted by Crippen LogP contribution is 2.19. The summed E-state index contributed by atoms with van der Waals surface area (Å²) in [5.74, 6) is -0.293. The molecule has 0 aliphatic heterocycles. The van der Waals surface area contributed by atoms with Gasteiger partial charge in [-0.15, -0.1) is 11.3 Å². The summed E-state index contributed by atoms with van der Waals surface area (Å²) in [5, 5.41) is 5.28. The third-order valence-corrected chi connectivity index (χ3v) is 3.71. The van der Waals surface area contributed by atoms with E-state index >= 15 is 0 Å². The summed E-state index contributed by atoms with van der Waals surface area (Å²) in [6.45, 7) is 1.41. The first kappa shape index (κ1) is 11.7. The lowest BCUT2D eigenvalue weighted by Crippen LogP contribution is -2.12. The summed E-state index contributed by atoms with van der Waals surface area (Å²) < 4.78 is 13.9. The second-order valence-electron chi connectivity index (χ2n) is 3.35. The molecule has 2 aromatic heterocycles. The Bertz CT molecular complexity index is 473. The van der Waals surface area contributed by atoms with E-state index in [1.807, 2.05) is 5.38 Å². The molecule has 84 valence electrons. The van der Waals surface area contributed by atoms with Crippen molar-refractivity contribution in [2.45, 2.75) is 13.1 Å². The molecule has 0 spiro atoms. The minimum atomic E-state index is -0.293. The zero-order valence-electron chi connectivity index (χ0n) is 8.41. The van der Waals surface area contributed by atoms with Crippen LogP contribution in [0.3, 0.4) is 0 Å². The van der Waals surface area contributed by atoms with E-state index in [0.29, 0.717) is 6.54 Å². The van der Waals surface area contributed by atoms with Crippen molar-refractivity contribution in [3.63, 3.8) is 0 Å². The second-order valence-corrected chi connectivity index (χ2v) is 5.26. The Morgan fingerprint density at radius 2 is 2.19 bits per heavy atom. The number of nitrogens with one attached hydrogen (secondary N) is 1. The normalized spacial score (nSPS) is 10.6. The maximum Gasteiger partial charge on any atom is 0.141 e. The number of pyridine rings is 1. The number of nitrogens with zero attached hydrogens (tertiary/aromatic N) is 1. The van der Waals surface area contributed by atoms with Gasteiger partial charge in [0, 0.05) is 34.0 Å². The van der Waals surface area contributed by atoms with Crippen LogP contribution in [0.1, 0.15) is 10.4 Å². The predicted molar refractivity (Wildman–Crippen MR) is 66.8 cm³/mol. The van der Waals surface area contributed by atoms with E-state index in [1.165, 1.54) is 17.1 Å². The van der Waals surface area contributed by atoms with Gasteiger partial charge in [-0.05, 0) is 33.6 Å². The van der Waals surface area contributed by atoms with Gasteiger partial charge in [0.15, 0.2) is 0 Å². The van der Waals surface area contributed by atoms with E-state index in [9.17, 15) is 4.39 Å². The average molecular weight is 301 g/mol. The smallest absolute Gasteiger partial charge is 0.141 e. The molecule has 0 radical (unpaired) electrons. The van der Waals surface area contributed by atoms with Crippen LogP contribution in [0.25, 0.3) is 0 Å². The van der Waals surface area contributed by atoms with Gasteiger partial charge in [0.2, 0.25) is 0 Å². The lowest BCUT2D eigenvalue weighted by Gasteiger charge is -2.02. The van der Waals surface area contributed by atoms with Crippen molar-refractivity contribution in [1.82, 2.24) is 10.3 Å². The summed E-state index contributed by atoms with van der Waals surface area (Å²) in [6.07, 6.45) is 2.88. The molecular weight excluding hydrogens is 291 g/mol. The monoisotopic (exact) mass is 300 g/mol. The minimum absolute atomic E-state index is 0.293. The van der Waals surface area contributed by atoms with Gasteiger partial charge >= 0.3 is 0 Å². The van der Waals surface area contributed by atoms with Crippen molar-refractivity contribution in [2.24, 2.45) is 0 Å². The molecule has 2 aromatic rings. The molecule has 2 heterocycles. The molecule has 0 atom stereocenters. The number of thiophene rings is 1. The van der Waals surface area contributed by atoms with Gasteiger partial charge in [0.25, 0.3) is 0 Å². The van der Waals surface area contributed by atoms with Crippen LogP contribution >= 0.6 is 27.3 Å². The summed E-state index contributed by atoms with van der Waals surface area (Å²) in [7, 11) is 0. The molecule has 0 aliphatic rings. The third-order valence-electron chi connectivity index (χ3n) is 2.01. The molecule has 0 unspecified atom stereocenters. The van der Waals surface area contributed by atoms with Gasteiger partial charge < -0.3 is 5.32 Å². The van der Waals surface area contributed by atoms with Crippen LogP contribution in [0.2, 0.25) is 0 Å². The van der Waals surface area contributed by atoms with Gasteiger partial charge in [-0.2, -0.15) is 0 Å². The standard InChI is InChI=1S/C11H10BrFN2S/c12-9-2-11(16-7-9)6-15-4-8-1-10(13)5-14-3-8/h1-3,5,7,15H,4,6H2. The molecule has 2 rings (SSSR count). The Kier molecular flexibility index (Phi) is 4.04. The van der Waals surface area contributed by atoms with Crippen molar-refractivity contribution in [2.75, 3.05) is 0 Å². The predicted octanol–water partition coefficient (Wildman–Crippen LogP) is 3.33. The molecule has 5 heteroatoms. The topological polar surface area (TPSA) is 24.9 Å². The van der Waals surface area contributed by atoms with Crippen molar-refractivity contribution >= 4 is 27.3 Å². The molecule has 0 aliphatic carbocycles. The van der Waals surface area contributed by atoms with Crippen molar-refractivity contribution in [3.05, 3.63) is 50.6 Å². The quantitative estimate of drug-likeness (QED) is 0.937. The van der Waals surface area contributed by atoms with Crippen molar-refractivity contribution < 1.29 is 4.39 Å². The molecule has 1 N–H and O–H groups in total. The molecule has 0 bridgehead atoms. The highest BCUT2D eigenvalue weighted by molar-refractivity contribution is 9.10. The fourth-order valence-corrected chi connectivity index (χ4v) is 2.75. The maximum atomic E-state index is 12.8. The van der Waals surface area contributed by atoms with Gasteiger partial charge in [0.1, 0.15) is 5.82 Å². The van der Waals surface area contributed by atoms with E-state index in [1.54, 1.807) is 17.5 Å². The zero-order valence-corrected chi connectivity index (χ0v) is 10.8.